The Kier molecular flexibility index (Phi) is 3.19. The van der Waals surface area contributed by atoms with Gasteiger partial charge in [-0.2, -0.15) is 0 Å². The Morgan fingerprint density at radius 2 is 2.17 bits per heavy atom. The van der Waals surface area contributed by atoms with Gasteiger partial charge in [-0.05, 0) is 22.8 Å². The monoisotopic (exact) mass is 168 g/mol. The predicted octanol–water partition coefficient (Wildman–Crippen LogP) is 1.28. The molecule has 1 rings (SSSR count). The Balaban J connectivity index is 2.63. The zero-order chi connectivity index (χ0) is 8.97. The second kappa shape index (κ2) is 4.18. The lowest BCUT2D eigenvalue weighted by atomic mass is 10.2. The first-order valence-corrected chi connectivity index (χ1v) is 4.49. The van der Waals surface area contributed by atoms with Gasteiger partial charge in [-0.1, -0.05) is 20.8 Å². The van der Waals surface area contributed by atoms with E-state index in [9.17, 15) is 0 Å². The van der Waals surface area contributed by atoms with Crippen molar-refractivity contribution in [3.63, 3.8) is 0 Å². The van der Waals surface area contributed by atoms with Gasteiger partial charge in [0.25, 0.3) is 0 Å². The average Bonchev–Trinajstić information content (AvgIpc) is 2.37. The Morgan fingerprint density at radius 1 is 1.42 bits per heavy atom. The number of nitrogens with zero attached hydrogens (tertiary/aromatic N) is 4. The molecule has 4 nitrogen and oxygen atoms in total. The van der Waals surface area contributed by atoms with E-state index in [1.165, 1.54) is 0 Å². The van der Waals surface area contributed by atoms with Crippen molar-refractivity contribution < 1.29 is 0 Å². The van der Waals surface area contributed by atoms with E-state index in [2.05, 4.69) is 36.3 Å². The Labute approximate surface area is 73.0 Å². The van der Waals surface area contributed by atoms with E-state index < -0.39 is 0 Å². The number of aryl methyl sites for hydroxylation is 1. The van der Waals surface area contributed by atoms with Gasteiger partial charge < -0.3 is 0 Å². The van der Waals surface area contributed by atoms with Crippen LogP contribution in [0.5, 0.6) is 0 Å². The van der Waals surface area contributed by atoms with Crippen molar-refractivity contribution in [1.29, 1.82) is 0 Å². The first kappa shape index (κ1) is 9.16. The summed E-state index contributed by atoms with van der Waals surface area (Å²) in [6, 6.07) is 0. The smallest absolute Gasteiger partial charge is 0.151 e. The van der Waals surface area contributed by atoms with E-state index in [1.54, 1.807) is 0 Å². The van der Waals surface area contributed by atoms with Crippen LogP contribution in [0.3, 0.4) is 0 Å². The highest BCUT2D eigenvalue weighted by Gasteiger charge is 2.05. The summed E-state index contributed by atoms with van der Waals surface area (Å²) in [6.07, 6.45) is 2.07. The molecule has 0 fully saturated rings. The maximum Gasteiger partial charge on any atom is 0.151 e. The van der Waals surface area contributed by atoms with Gasteiger partial charge in [0.2, 0.25) is 0 Å². The van der Waals surface area contributed by atoms with Gasteiger partial charge in [-0.25, -0.2) is 4.68 Å². The van der Waals surface area contributed by atoms with Crippen molar-refractivity contribution in [1.82, 2.24) is 20.2 Å². The third-order valence-corrected chi connectivity index (χ3v) is 1.62. The first-order valence-electron chi connectivity index (χ1n) is 4.49. The number of tetrazole rings is 1. The minimum atomic E-state index is 0.601. The summed E-state index contributed by atoms with van der Waals surface area (Å²) < 4.78 is 1.90. The van der Waals surface area contributed by atoms with Crippen molar-refractivity contribution in [2.45, 2.75) is 40.2 Å². The topological polar surface area (TPSA) is 43.6 Å². The van der Waals surface area contributed by atoms with Crippen LogP contribution in [0.25, 0.3) is 0 Å². The summed E-state index contributed by atoms with van der Waals surface area (Å²) in [4.78, 5) is 0. The predicted molar refractivity (Wildman–Crippen MR) is 46.7 cm³/mol. The van der Waals surface area contributed by atoms with Crippen LogP contribution in [0.15, 0.2) is 0 Å². The van der Waals surface area contributed by atoms with Gasteiger partial charge in [0.1, 0.15) is 0 Å². The molecular weight excluding hydrogens is 152 g/mol. The number of hydrogen-bond acceptors (Lipinski definition) is 3. The molecule has 0 saturated carbocycles. The molecule has 0 atom stereocenters. The number of hydrogen-bond donors (Lipinski definition) is 0. The quantitative estimate of drug-likeness (QED) is 0.680. The number of aromatic nitrogens is 4. The van der Waals surface area contributed by atoms with Crippen LogP contribution in [0.4, 0.5) is 0 Å². The molecule has 0 spiro atoms. The molecule has 0 radical (unpaired) electrons. The Bertz CT molecular complexity index is 229. The molecule has 4 heteroatoms. The summed E-state index contributed by atoms with van der Waals surface area (Å²) in [6.45, 7) is 7.38. The van der Waals surface area contributed by atoms with Gasteiger partial charge >= 0.3 is 0 Å². The van der Waals surface area contributed by atoms with Crippen LogP contribution in [-0.2, 0) is 13.0 Å². The van der Waals surface area contributed by atoms with Gasteiger partial charge in [0, 0.05) is 13.0 Å². The summed E-state index contributed by atoms with van der Waals surface area (Å²) >= 11 is 0. The molecular formula is C8H16N4. The SMILES string of the molecule is CCCc1nnnn1CC(C)C. The highest BCUT2D eigenvalue weighted by atomic mass is 15.5. The third-order valence-electron chi connectivity index (χ3n) is 1.62. The largest absolute Gasteiger partial charge is 0.229 e. The van der Waals surface area contributed by atoms with E-state index >= 15 is 0 Å². The fourth-order valence-corrected chi connectivity index (χ4v) is 1.11. The van der Waals surface area contributed by atoms with Crippen molar-refractivity contribution in [2.75, 3.05) is 0 Å². The Morgan fingerprint density at radius 3 is 2.75 bits per heavy atom. The fourth-order valence-electron chi connectivity index (χ4n) is 1.11. The van der Waals surface area contributed by atoms with Crippen molar-refractivity contribution in [2.24, 2.45) is 5.92 Å². The van der Waals surface area contributed by atoms with Gasteiger partial charge in [0.15, 0.2) is 5.82 Å². The molecule has 0 aliphatic rings. The van der Waals surface area contributed by atoms with E-state index in [1.807, 2.05) is 4.68 Å². The van der Waals surface area contributed by atoms with Crippen LogP contribution in [0.2, 0.25) is 0 Å². The molecule has 0 aliphatic heterocycles. The van der Waals surface area contributed by atoms with Crippen LogP contribution in [0, 0.1) is 5.92 Å². The molecule has 1 aromatic heterocycles. The van der Waals surface area contributed by atoms with E-state index in [4.69, 9.17) is 0 Å². The Hall–Kier alpha value is -0.930. The lowest BCUT2D eigenvalue weighted by molar-refractivity contribution is 0.457. The average molecular weight is 168 g/mol. The summed E-state index contributed by atoms with van der Waals surface area (Å²) in [7, 11) is 0. The minimum Gasteiger partial charge on any atom is -0.229 e. The van der Waals surface area contributed by atoms with E-state index in [0.717, 1.165) is 25.2 Å². The highest BCUT2D eigenvalue weighted by Crippen LogP contribution is 2.01. The first-order chi connectivity index (χ1) is 5.74. The number of rotatable bonds is 4. The van der Waals surface area contributed by atoms with Crippen molar-refractivity contribution >= 4 is 0 Å². The van der Waals surface area contributed by atoms with E-state index in [0.29, 0.717) is 5.92 Å². The van der Waals surface area contributed by atoms with E-state index in [-0.39, 0.29) is 0 Å². The molecule has 68 valence electrons. The molecule has 12 heavy (non-hydrogen) atoms. The molecule has 1 aromatic rings. The van der Waals surface area contributed by atoms with Crippen molar-refractivity contribution in [3.05, 3.63) is 5.82 Å². The third kappa shape index (κ3) is 2.29. The minimum absolute atomic E-state index is 0.601. The van der Waals surface area contributed by atoms with Gasteiger partial charge in [-0.3, -0.25) is 0 Å². The van der Waals surface area contributed by atoms with Crippen molar-refractivity contribution in [3.8, 4) is 0 Å². The molecule has 1 heterocycles. The molecule has 0 N–H and O–H groups in total. The zero-order valence-corrected chi connectivity index (χ0v) is 7.99. The molecule has 0 bridgehead atoms. The summed E-state index contributed by atoms with van der Waals surface area (Å²) in [5, 5.41) is 11.5. The second-order valence-electron chi connectivity index (χ2n) is 3.42. The van der Waals surface area contributed by atoms with Crippen LogP contribution in [-0.4, -0.2) is 20.2 Å². The van der Waals surface area contributed by atoms with Gasteiger partial charge in [-0.15, -0.1) is 5.10 Å². The standard InChI is InChI=1S/C8H16N4/c1-4-5-8-9-10-11-12(8)6-7(2)3/h7H,4-6H2,1-3H3. The lowest BCUT2D eigenvalue weighted by Gasteiger charge is -2.05. The molecule has 0 aromatic carbocycles. The highest BCUT2D eigenvalue weighted by molar-refractivity contribution is 4.80. The summed E-state index contributed by atoms with van der Waals surface area (Å²) in [5.74, 6) is 1.61. The molecule has 0 aliphatic carbocycles. The second-order valence-corrected chi connectivity index (χ2v) is 3.42. The maximum absolute atomic E-state index is 3.96. The van der Waals surface area contributed by atoms with Crippen LogP contribution in [0.1, 0.15) is 33.0 Å². The summed E-state index contributed by atoms with van der Waals surface area (Å²) in [5.41, 5.74) is 0. The normalized spacial score (nSPS) is 11.0. The van der Waals surface area contributed by atoms with Gasteiger partial charge in [0.05, 0.1) is 0 Å². The van der Waals surface area contributed by atoms with Crippen LogP contribution < -0.4 is 0 Å². The lowest BCUT2D eigenvalue weighted by Crippen LogP contribution is -2.10. The zero-order valence-electron chi connectivity index (χ0n) is 7.99. The van der Waals surface area contributed by atoms with Crippen LogP contribution >= 0.6 is 0 Å². The maximum atomic E-state index is 3.96. The molecule has 0 amide bonds. The molecule has 0 saturated heterocycles. The fraction of sp³-hybridized carbons (Fsp3) is 0.875. The molecule has 0 unspecified atom stereocenters.